The zero-order valence-corrected chi connectivity index (χ0v) is 19.6. The van der Waals surface area contributed by atoms with E-state index in [1.165, 1.54) is 0 Å². The Bertz CT molecular complexity index is 1030. The first-order valence-electron chi connectivity index (χ1n) is 10.9. The molecule has 0 unspecified atom stereocenters. The van der Waals surface area contributed by atoms with E-state index in [2.05, 4.69) is 10.0 Å². The summed E-state index contributed by atoms with van der Waals surface area (Å²) in [7, 11) is -3.82. The van der Waals surface area contributed by atoms with Crippen molar-refractivity contribution in [2.24, 2.45) is 5.92 Å². The summed E-state index contributed by atoms with van der Waals surface area (Å²) < 4.78 is 28.3. The Morgan fingerprint density at radius 1 is 0.969 bits per heavy atom. The van der Waals surface area contributed by atoms with Gasteiger partial charge in [-0.1, -0.05) is 49.7 Å². The van der Waals surface area contributed by atoms with Crippen LogP contribution in [0.2, 0.25) is 0 Å². The van der Waals surface area contributed by atoms with Gasteiger partial charge in [-0.05, 0) is 49.9 Å². The zero-order chi connectivity index (χ0) is 23.3. The molecule has 1 saturated heterocycles. The summed E-state index contributed by atoms with van der Waals surface area (Å²) in [4.78, 5) is 27.4. The SMILES string of the molecule is Cc1ccc(S(=O)(=O)N[C@@H](C(=O)N2CCC(NC(=O)c3ccccc3)CC2)C(C)C)cc1. The third-order valence-corrected chi connectivity index (χ3v) is 7.18. The third-order valence-electron chi connectivity index (χ3n) is 5.72. The molecule has 1 fully saturated rings. The Balaban J connectivity index is 1.60. The molecule has 1 aliphatic heterocycles. The number of likely N-dealkylation sites (tertiary alicyclic amines) is 1. The molecule has 2 N–H and O–H groups in total. The summed E-state index contributed by atoms with van der Waals surface area (Å²) in [5.41, 5.74) is 1.57. The lowest BCUT2D eigenvalue weighted by Crippen LogP contribution is -2.54. The molecule has 1 atom stereocenters. The maximum absolute atomic E-state index is 13.2. The van der Waals surface area contributed by atoms with Crippen molar-refractivity contribution in [2.45, 2.75) is 50.6 Å². The number of carbonyl (C=O) groups is 2. The molecule has 2 aromatic rings. The van der Waals surface area contributed by atoms with E-state index in [0.717, 1.165) is 5.56 Å². The molecular weight excluding hydrogens is 426 g/mol. The molecule has 7 nitrogen and oxygen atoms in total. The standard InChI is InChI=1S/C24H31N3O4S/c1-17(2)22(26-32(30,31)21-11-9-18(3)10-12-21)24(29)27-15-13-20(14-16-27)25-23(28)19-7-5-4-6-8-19/h4-12,17,20,22,26H,13-16H2,1-3H3,(H,25,28)/t22-/m1/s1. The van der Waals surface area contributed by atoms with E-state index in [0.29, 0.717) is 31.5 Å². The number of nitrogens with zero attached hydrogens (tertiary/aromatic N) is 1. The maximum atomic E-state index is 13.2. The molecule has 0 aromatic heterocycles. The van der Waals surface area contributed by atoms with Crippen molar-refractivity contribution in [3.05, 3.63) is 65.7 Å². The minimum Gasteiger partial charge on any atom is -0.349 e. The minimum atomic E-state index is -3.82. The summed E-state index contributed by atoms with van der Waals surface area (Å²) in [6, 6.07) is 14.7. The predicted molar refractivity (Wildman–Crippen MR) is 124 cm³/mol. The molecule has 2 aromatic carbocycles. The molecule has 0 radical (unpaired) electrons. The van der Waals surface area contributed by atoms with Crippen LogP contribution in [0.1, 0.15) is 42.6 Å². The fourth-order valence-corrected chi connectivity index (χ4v) is 5.06. The van der Waals surface area contributed by atoms with E-state index in [9.17, 15) is 18.0 Å². The zero-order valence-electron chi connectivity index (χ0n) is 18.7. The number of aryl methyl sites for hydroxylation is 1. The molecule has 2 amide bonds. The molecule has 0 bridgehead atoms. The highest BCUT2D eigenvalue weighted by molar-refractivity contribution is 7.89. The Morgan fingerprint density at radius 3 is 2.12 bits per heavy atom. The summed E-state index contributed by atoms with van der Waals surface area (Å²) in [5.74, 6) is -0.567. The average Bonchev–Trinajstić information content (AvgIpc) is 2.78. The largest absolute Gasteiger partial charge is 0.349 e. The highest BCUT2D eigenvalue weighted by Crippen LogP contribution is 2.18. The van der Waals surface area contributed by atoms with Crippen molar-refractivity contribution < 1.29 is 18.0 Å². The van der Waals surface area contributed by atoms with E-state index in [-0.39, 0.29) is 28.7 Å². The molecule has 1 heterocycles. The second kappa shape index (κ2) is 10.3. The number of sulfonamides is 1. The summed E-state index contributed by atoms with van der Waals surface area (Å²) in [6.45, 7) is 6.47. The van der Waals surface area contributed by atoms with Crippen LogP contribution in [0.4, 0.5) is 0 Å². The van der Waals surface area contributed by atoms with Crippen LogP contribution in [0.25, 0.3) is 0 Å². The molecule has 172 valence electrons. The Kier molecular flexibility index (Phi) is 7.69. The van der Waals surface area contributed by atoms with Gasteiger partial charge in [0.25, 0.3) is 5.91 Å². The van der Waals surface area contributed by atoms with Gasteiger partial charge in [0.2, 0.25) is 15.9 Å². The first-order valence-corrected chi connectivity index (χ1v) is 12.4. The fraction of sp³-hybridized carbons (Fsp3) is 0.417. The maximum Gasteiger partial charge on any atom is 0.251 e. The summed E-state index contributed by atoms with van der Waals surface area (Å²) in [5, 5.41) is 3.02. The van der Waals surface area contributed by atoms with Gasteiger partial charge in [0.15, 0.2) is 0 Å². The van der Waals surface area contributed by atoms with E-state index in [4.69, 9.17) is 0 Å². The number of carbonyl (C=O) groups excluding carboxylic acids is 2. The summed E-state index contributed by atoms with van der Waals surface area (Å²) >= 11 is 0. The van der Waals surface area contributed by atoms with Crippen molar-refractivity contribution >= 4 is 21.8 Å². The van der Waals surface area contributed by atoms with E-state index >= 15 is 0 Å². The van der Waals surface area contributed by atoms with Gasteiger partial charge in [0, 0.05) is 24.7 Å². The molecule has 0 spiro atoms. The summed E-state index contributed by atoms with van der Waals surface area (Å²) in [6.07, 6.45) is 1.25. The molecular formula is C24H31N3O4S. The Labute approximate surface area is 190 Å². The quantitative estimate of drug-likeness (QED) is 0.668. The number of hydrogen-bond acceptors (Lipinski definition) is 4. The van der Waals surface area contributed by atoms with Gasteiger partial charge in [-0.25, -0.2) is 8.42 Å². The van der Waals surface area contributed by atoms with Crippen LogP contribution in [0.15, 0.2) is 59.5 Å². The highest BCUT2D eigenvalue weighted by atomic mass is 32.2. The van der Waals surface area contributed by atoms with Gasteiger partial charge < -0.3 is 10.2 Å². The second-order valence-corrected chi connectivity index (χ2v) is 10.3. The van der Waals surface area contributed by atoms with E-state index in [1.807, 2.05) is 39.0 Å². The first-order chi connectivity index (χ1) is 15.2. The smallest absolute Gasteiger partial charge is 0.251 e. The molecule has 32 heavy (non-hydrogen) atoms. The lowest BCUT2D eigenvalue weighted by atomic mass is 10.00. The lowest BCUT2D eigenvalue weighted by molar-refractivity contribution is -0.135. The van der Waals surface area contributed by atoms with E-state index < -0.39 is 16.1 Å². The van der Waals surface area contributed by atoms with E-state index in [1.54, 1.807) is 41.3 Å². The van der Waals surface area contributed by atoms with Crippen molar-refractivity contribution in [2.75, 3.05) is 13.1 Å². The average molecular weight is 458 g/mol. The van der Waals surface area contributed by atoms with Crippen LogP contribution in [-0.2, 0) is 14.8 Å². The molecule has 1 aliphatic rings. The number of rotatable bonds is 7. The van der Waals surface area contributed by atoms with Crippen molar-refractivity contribution in [1.82, 2.24) is 14.9 Å². The van der Waals surface area contributed by atoms with Crippen LogP contribution < -0.4 is 10.0 Å². The number of amides is 2. The highest BCUT2D eigenvalue weighted by Gasteiger charge is 2.33. The van der Waals surface area contributed by atoms with Crippen molar-refractivity contribution in [3.63, 3.8) is 0 Å². The van der Waals surface area contributed by atoms with Crippen molar-refractivity contribution in [1.29, 1.82) is 0 Å². The van der Waals surface area contributed by atoms with Crippen LogP contribution in [-0.4, -0.2) is 50.3 Å². The Hall–Kier alpha value is -2.71. The van der Waals surface area contributed by atoms with Crippen LogP contribution >= 0.6 is 0 Å². The monoisotopic (exact) mass is 457 g/mol. The number of benzene rings is 2. The van der Waals surface area contributed by atoms with Gasteiger partial charge in [-0.15, -0.1) is 0 Å². The molecule has 0 aliphatic carbocycles. The van der Waals surface area contributed by atoms with Gasteiger partial charge >= 0.3 is 0 Å². The number of hydrogen-bond donors (Lipinski definition) is 2. The van der Waals surface area contributed by atoms with Crippen LogP contribution in [0.3, 0.4) is 0 Å². The molecule has 3 rings (SSSR count). The number of nitrogens with one attached hydrogen (secondary N) is 2. The van der Waals surface area contributed by atoms with Gasteiger partial charge in [-0.3, -0.25) is 9.59 Å². The lowest BCUT2D eigenvalue weighted by Gasteiger charge is -2.35. The van der Waals surface area contributed by atoms with Gasteiger partial charge in [-0.2, -0.15) is 4.72 Å². The Morgan fingerprint density at radius 2 is 1.56 bits per heavy atom. The third kappa shape index (κ3) is 5.95. The predicted octanol–water partition coefficient (Wildman–Crippen LogP) is 2.72. The molecule has 8 heteroatoms. The van der Waals surface area contributed by atoms with Gasteiger partial charge in [0.05, 0.1) is 4.90 Å². The minimum absolute atomic E-state index is 0.0199. The number of piperidine rings is 1. The van der Waals surface area contributed by atoms with Crippen molar-refractivity contribution in [3.8, 4) is 0 Å². The van der Waals surface area contributed by atoms with Crippen LogP contribution in [0, 0.1) is 12.8 Å². The molecule has 0 saturated carbocycles. The first kappa shape index (κ1) is 23.9. The normalized spacial score (nSPS) is 16.1. The fourth-order valence-electron chi connectivity index (χ4n) is 3.72. The van der Waals surface area contributed by atoms with Crippen LogP contribution in [0.5, 0.6) is 0 Å². The van der Waals surface area contributed by atoms with Gasteiger partial charge in [0.1, 0.15) is 6.04 Å². The topological polar surface area (TPSA) is 95.6 Å². The second-order valence-electron chi connectivity index (χ2n) is 8.60.